The van der Waals surface area contributed by atoms with Crippen LogP contribution in [0.2, 0.25) is 0 Å². The standard InChI is InChI=1S/C9H16ClN3O2S/c1-4-13(5-2)16(14,15)9-8(6-10)7(3)11-12-9/h4-6H2,1-3H3,(H,11,12). The minimum Gasteiger partial charge on any atom is -0.281 e. The second-order valence-corrected chi connectivity index (χ2v) is 5.48. The molecule has 0 radical (unpaired) electrons. The summed E-state index contributed by atoms with van der Waals surface area (Å²) in [6, 6.07) is 0. The fourth-order valence-corrected chi connectivity index (χ4v) is 3.51. The second-order valence-electron chi connectivity index (χ2n) is 3.36. The SMILES string of the molecule is CCN(CC)S(=O)(=O)c1n[nH]c(C)c1CCl. The third kappa shape index (κ3) is 2.23. The van der Waals surface area contributed by atoms with Crippen molar-refractivity contribution >= 4 is 21.6 Å². The van der Waals surface area contributed by atoms with Crippen LogP contribution >= 0.6 is 11.6 Å². The minimum absolute atomic E-state index is 0.0451. The fourth-order valence-electron chi connectivity index (χ4n) is 1.49. The van der Waals surface area contributed by atoms with Crippen molar-refractivity contribution in [1.82, 2.24) is 14.5 Å². The lowest BCUT2D eigenvalue weighted by Crippen LogP contribution is -2.31. The molecule has 1 heterocycles. The molecule has 92 valence electrons. The first kappa shape index (κ1) is 13.5. The van der Waals surface area contributed by atoms with Crippen molar-refractivity contribution in [2.75, 3.05) is 13.1 Å². The molecular formula is C9H16ClN3O2S. The van der Waals surface area contributed by atoms with E-state index in [0.29, 0.717) is 24.3 Å². The van der Waals surface area contributed by atoms with E-state index in [1.165, 1.54) is 4.31 Å². The maximum Gasteiger partial charge on any atom is 0.262 e. The predicted molar refractivity (Wildman–Crippen MR) is 63.0 cm³/mol. The first-order valence-electron chi connectivity index (χ1n) is 5.08. The summed E-state index contributed by atoms with van der Waals surface area (Å²) in [5.74, 6) is 0.137. The molecule has 1 aromatic heterocycles. The number of alkyl halides is 1. The number of sulfonamides is 1. The maximum absolute atomic E-state index is 12.2. The van der Waals surface area contributed by atoms with Gasteiger partial charge in [-0.05, 0) is 6.92 Å². The molecule has 1 N–H and O–H groups in total. The number of nitrogens with zero attached hydrogens (tertiary/aromatic N) is 2. The fraction of sp³-hybridized carbons (Fsp3) is 0.667. The van der Waals surface area contributed by atoms with Crippen LogP contribution in [-0.2, 0) is 15.9 Å². The van der Waals surface area contributed by atoms with Gasteiger partial charge >= 0.3 is 0 Å². The molecule has 0 aromatic carbocycles. The molecule has 7 heteroatoms. The van der Waals surface area contributed by atoms with Crippen LogP contribution in [0, 0.1) is 6.92 Å². The largest absolute Gasteiger partial charge is 0.281 e. The maximum atomic E-state index is 12.2. The van der Waals surface area contributed by atoms with Gasteiger partial charge in [-0.3, -0.25) is 5.10 Å². The summed E-state index contributed by atoms with van der Waals surface area (Å²) in [4.78, 5) is 0. The Morgan fingerprint density at radius 2 is 1.94 bits per heavy atom. The molecule has 0 amide bonds. The molecule has 0 aliphatic rings. The first-order chi connectivity index (χ1) is 7.48. The topological polar surface area (TPSA) is 66.1 Å². The van der Waals surface area contributed by atoms with E-state index in [0.717, 1.165) is 0 Å². The Hall–Kier alpha value is -0.590. The molecule has 0 aliphatic heterocycles. The third-order valence-electron chi connectivity index (χ3n) is 2.46. The summed E-state index contributed by atoms with van der Waals surface area (Å²) < 4.78 is 25.7. The van der Waals surface area contributed by atoms with Crippen molar-refractivity contribution in [2.45, 2.75) is 31.7 Å². The highest BCUT2D eigenvalue weighted by Crippen LogP contribution is 2.21. The van der Waals surface area contributed by atoms with E-state index in [-0.39, 0.29) is 10.9 Å². The zero-order valence-corrected chi connectivity index (χ0v) is 11.2. The lowest BCUT2D eigenvalue weighted by molar-refractivity contribution is 0.442. The van der Waals surface area contributed by atoms with E-state index in [1.807, 2.05) is 0 Å². The number of hydrogen-bond donors (Lipinski definition) is 1. The Morgan fingerprint density at radius 3 is 2.38 bits per heavy atom. The number of hydrogen-bond acceptors (Lipinski definition) is 3. The molecule has 0 saturated heterocycles. The quantitative estimate of drug-likeness (QED) is 0.821. The number of aromatic amines is 1. The Labute approximate surface area is 101 Å². The molecule has 0 fully saturated rings. The number of aromatic nitrogens is 2. The van der Waals surface area contributed by atoms with Gasteiger partial charge in [0, 0.05) is 24.3 Å². The van der Waals surface area contributed by atoms with Crippen LogP contribution in [0.3, 0.4) is 0 Å². The van der Waals surface area contributed by atoms with Gasteiger partial charge in [0.25, 0.3) is 10.0 Å². The number of rotatable bonds is 5. The normalized spacial score (nSPS) is 12.3. The van der Waals surface area contributed by atoms with Gasteiger partial charge in [0.2, 0.25) is 0 Å². The van der Waals surface area contributed by atoms with Gasteiger partial charge < -0.3 is 0 Å². The molecule has 1 aromatic rings. The first-order valence-corrected chi connectivity index (χ1v) is 7.06. The van der Waals surface area contributed by atoms with Crippen LogP contribution < -0.4 is 0 Å². The minimum atomic E-state index is -3.52. The Kier molecular flexibility index (Phi) is 4.35. The molecule has 0 spiro atoms. The predicted octanol–water partition coefficient (Wildman–Crippen LogP) is 1.49. The van der Waals surface area contributed by atoms with Crippen LogP contribution in [0.15, 0.2) is 5.03 Å². The lowest BCUT2D eigenvalue weighted by atomic mass is 10.3. The van der Waals surface area contributed by atoms with Crippen molar-refractivity contribution in [3.8, 4) is 0 Å². The van der Waals surface area contributed by atoms with Crippen LogP contribution in [0.25, 0.3) is 0 Å². The molecule has 0 atom stereocenters. The van der Waals surface area contributed by atoms with E-state index in [4.69, 9.17) is 11.6 Å². The molecule has 16 heavy (non-hydrogen) atoms. The smallest absolute Gasteiger partial charge is 0.262 e. The zero-order valence-electron chi connectivity index (χ0n) is 9.62. The van der Waals surface area contributed by atoms with Crippen molar-refractivity contribution < 1.29 is 8.42 Å². The van der Waals surface area contributed by atoms with Crippen molar-refractivity contribution in [1.29, 1.82) is 0 Å². The monoisotopic (exact) mass is 265 g/mol. The lowest BCUT2D eigenvalue weighted by Gasteiger charge is -2.17. The summed E-state index contributed by atoms with van der Waals surface area (Å²) in [6.07, 6.45) is 0. The van der Waals surface area contributed by atoms with Gasteiger partial charge in [0.15, 0.2) is 5.03 Å². The van der Waals surface area contributed by atoms with E-state index < -0.39 is 10.0 Å². The Bertz CT molecular complexity index is 451. The highest BCUT2D eigenvalue weighted by molar-refractivity contribution is 7.89. The number of nitrogens with one attached hydrogen (secondary N) is 1. The van der Waals surface area contributed by atoms with Gasteiger partial charge in [0.05, 0.1) is 5.88 Å². The van der Waals surface area contributed by atoms with Crippen LogP contribution in [-0.4, -0.2) is 36.0 Å². The van der Waals surface area contributed by atoms with Crippen molar-refractivity contribution in [3.05, 3.63) is 11.3 Å². The molecule has 0 unspecified atom stereocenters. The molecular weight excluding hydrogens is 250 g/mol. The van der Waals surface area contributed by atoms with Gasteiger partial charge in [-0.15, -0.1) is 11.6 Å². The van der Waals surface area contributed by atoms with Gasteiger partial charge in [-0.25, -0.2) is 8.42 Å². The van der Waals surface area contributed by atoms with Gasteiger partial charge in [0.1, 0.15) is 0 Å². The summed E-state index contributed by atoms with van der Waals surface area (Å²) >= 11 is 5.73. The second kappa shape index (κ2) is 5.16. The molecule has 1 rings (SSSR count). The summed E-state index contributed by atoms with van der Waals surface area (Å²) in [5.41, 5.74) is 1.24. The zero-order chi connectivity index (χ0) is 12.3. The van der Waals surface area contributed by atoms with Gasteiger partial charge in [-0.1, -0.05) is 13.8 Å². The summed E-state index contributed by atoms with van der Waals surface area (Å²) in [5, 5.41) is 6.54. The highest BCUT2D eigenvalue weighted by Gasteiger charge is 2.28. The van der Waals surface area contributed by atoms with E-state index in [1.54, 1.807) is 20.8 Å². The van der Waals surface area contributed by atoms with Crippen LogP contribution in [0.4, 0.5) is 0 Å². The Morgan fingerprint density at radius 1 is 1.38 bits per heavy atom. The number of halogens is 1. The average Bonchev–Trinajstić information content (AvgIpc) is 2.61. The van der Waals surface area contributed by atoms with Crippen LogP contribution in [0.5, 0.6) is 0 Å². The van der Waals surface area contributed by atoms with E-state index in [9.17, 15) is 8.42 Å². The third-order valence-corrected chi connectivity index (χ3v) is 4.75. The van der Waals surface area contributed by atoms with Gasteiger partial charge in [-0.2, -0.15) is 9.40 Å². The van der Waals surface area contributed by atoms with E-state index >= 15 is 0 Å². The highest BCUT2D eigenvalue weighted by atomic mass is 35.5. The Balaban J connectivity index is 3.26. The number of aryl methyl sites for hydroxylation is 1. The van der Waals surface area contributed by atoms with E-state index in [2.05, 4.69) is 10.2 Å². The summed E-state index contributed by atoms with van der Waals surface area (Å²) in [7, 11) is -3.52. The molecule has 0 saturated carbocycles. The average molecular weight is 266 g/mol. The molecule has 0 aliphatic carbocycles. The van der Waals surface area contributed by atoms with Crippen molar-refractivity contribution in [3.63, 3.8) is 0 Å². The summed E-state index contributed by atoms with van der Waals surface area (Å²) in [6.45, 7) is 6.19. The molecule has 0 bridgehead atoms. The molecule has 5 nitrogen and oxygen atoms in total. The number of H-pyrrole nitrogens is 1. The van der Waals surface area contributed by atoms with Crippen molar-refractivity contribution in [2.24, 2.45) is 0 Å². The van der Waals surface area contributed by atoms with Crippen LogP contribution in [0.1, 0.15) is 25.1 Å².